The Kier molecular flexibility index (Phi) is 30.8. The van der Waals surface area contributed by atoms with E-state index in [-0.39, 0.29) is 0 Å². The molecule has 0 N–H and O–H groups in total. The number of unbranched alkanes of at least 4 members (excludes halogenated alkanes) is 26. The fourth-order valence-corrected chi connectivity index (χ4v) is 5.07. The highest BCUT2D eigenvalue weighted by Crippen LogP contribution is 2.15. The molecular formula is C32H66FN. The third kappa shape index (κ3) is 29.9. The Morgan fingerprint density at radius 2 is 0.471 bits per heavy atom. The van der Waals surface area contributed by atoms with Gasteiger partial charge < -0.3 is 0 Å². The molecule has 0 radical (unpaired) electrons. The van der Waals surface area contributed by atoms with Crippen molar-refractivity contribution < 1.29 is 4.48 Å². The van der Waals surface area contributed by atoms with Gasteiger partial charge in [0.1, 0.15) is 0 Å². The summed E-state index contributed by atoms with van der Waals surface area (Å²) in [6.07, 6.45) is 38.1. The van der Waals surface area contributed by atoms with Crippen molar-refractivity contribution in [1.29, 1.82) is 0 Å². The predicted octanol–water partition coefficient (Wildman–Crippen LogP) is 12.1. The maximum absolute atomic E-state index is 13.9. The number of nitrogens with zero attached hydrogens (tertiary/aromatic N) is 1. The predicted molar refractivity (Wildman–Crippen MR) is 153 cm³/mol. The van der Waals surface area contributed by atoms with Crippen molar-refractivity contribution >= 4 is 0 Å². The highest BCUT2D eigenvalue weighted by atomic mass is 19.2. The molecule has 0 bridgehead atoms. The molecule has 0 atom stereocenters. The van der Waals surface area contributed by atoms with Crippen molar-refractivity contribution in [2.75, 3.05) is 13.1 Å². The van der Waals surface area contributed by atoms with Gasteiger partial charge in [0.05, 0.1) is 0 Å². The quantitative estimate of drug-likeness (QED) is 0.0725. The van der Waals surface area contributed by atoms with Gasteiger partial charge in [0.15, 0.2) is 0 Å². The van der Waals surface area contributed by atoms with Crippen LogP contribution in [0.5, 0.6) is 0 Å². The van der Waals surface area contributed by atoms with Gasteiger partial charge in [-0.2, -0.15) is 0 Å². The van der Waals surface area contributed by atoms with Crippen molar-refractivity contribution in [3.63, 3.8) is 0 Å². The molecule has 0 aromatic rings. The molecule has 0 aliphatic heterocycles. The zero-order valence-electron chi connectivity index (χ0n) is 24.0. The smallest absolute Gasteiger partial charge is 0.0290 e. The van der Waals surface area contributed by atoms with Gasteiger partial charge in [0.2, 0.25) is 0 Å². The third-order valence-corrected chi connectivity index (χ3v) is 7.51. The van der Waals surface area contributed by atoms with Crippen LogP contribution in [0, 0.1) is 0 Å². The molecule has 0 heterocycles. The lowest BCUT2D eigenvalue weighted by atomic mass is 10.0. The molecule has 0 spiro atoms. The van der Waals surface area contributed by atoms with Gasteiger partial charge in [0, 0.05) is 13.1 Å². The average Bonchev–Trinajstić information content (AvgIpc) is 2.84. The lowest BCUT2D eigenvalue weighted by molar-refractivity contribution is 0.0217. The van der Waals surface area contributed by atoms with E-state index in [0.717, 1.165) is 18.0 Å². The Balaban J connectivity index is 3.13. The lowest BCUT2D eigenvalue weighted by Gasteiger charge is -2.11. The number of halogens is 1. The number of hydrogen-bond acceptors (Lipinski definition) is 1. The fraction of sp³-hybridized carbons (Fsp3) is 1.00. The summed E-state index contributed by atoms with van der Waals surface area (Å²) in [7, 11) is 0. The average molecular weight is 484 g/mol. The Morgan fingerprint density at radius 3 is 0.676 bits per heavy atom. The molecule has 1 nitrogen and oxygen atoms in total. The standard InChI is InChI=1S/C32H66FN/c1-3-5-7-9-11-13-15-17-19-21-23-25-27-29-31-34(33)32-30-28-26-24-22-20-18-16-14-12-10-8-6-4-2/h3-32H2,1-2H3. The lowest BCUT2D eigenvalue weighted by Crippen LogP contribution is -2.16. The first-order valence-corrected chi connectivity index (χ1v) is 16.2. The minimum Gasteiger partial charge on any atom is -0.146 e. The molecular weight excluding hydrogens is 417 g/mol. The molecule has 0 fully saturated rings. The van der Waals surface area contributed by atoms with Gasteiger partial charge >= 0.3 is 0 Å². The molecule has 0 aromatic carbocycles. The summed E-state index contributed by atoms with van der Waals surface area (Å²) >= 11 is 0. The normalized spacial score (nSPS) is 11.6. The van der Waals surface area contributed by atoms with Crippen LogP contribution >= 0.6 is 0 Å². The second kappa shape index (κ2) is 30.9. The van der Waals surface area contributed by atoms with Crippen LogP contribution in [0.4, 0.5) is 4.48 Å². The van der Waals surface area contributed by atoms with Crippen LogP contribution in [0.15, 0.2) is 0 Å². The Morgan fingerprint density at radius 1 is 0.294 bits per heavy atom. The summed E-state index contributed by atoms with van der Waals surface area (Å²) in [6.45, 7) is 5.87. The Bertz CT molecular complexity index is 314. The SMILES string of the molecule is CCCCCCCCCCCCCCCCN(F)CCCCCCCCCCCCCCCC. The minimum absolute atomic E-state index is 0.649. The molecule has 0 aliphatic carbocycles. The molecule has 0 rings (SSSR count). The van der Waals surface area contributed by atoms with Gasteiger partial charge in [-0.3, -0.25) is 0 Å². The highest BCUT2D eigenvalue weighted by Gasteiger charge is 2.02. The van der Waals surface area contributed by atoms with E-state index in [1.54, 1.807) is 0 Å². The summed E-state index contributed by atoms with van der Waals surface area (Å²) in [6, 6.07) is 0. The first-order valence-electron chi connectivity index (χ1n) is 16.2. The highest BCUT2D eigenvalue weighted by molar-refractivity contribution is 4.53. The van der Waals surface area contributed by atoms with E-state index in [4.69, 9.17) is 0 Å². The van der Waals surface area contributed by atoms with Crippen LogP contribution < -0.4 is 0 Å². The zero-order chi connectivity index (χ0) is 24.8. The number of hydrogen-bond donors (Lipinski definition) is 0. The molecule has 0 amide bonds. The van der Waals surface area contributed by atoms with Crippen LogP contribution in [0.3, 0.4) is 0 Å². The molecule has 0 saturated carbocycles. The number of rotatable bonds is 30. The van der Waals surface area contributed by atoms with Crippen molar-refractivity contribution in [3.05, 3.63) is 0 Å². The van der Waals surface area contributed by atoms with Crippen LogP contribution in [-0.2, 0) is 0 Å². The summed E-state index contributed by atoms with van der Waals surface area (Å²) < 4.78 is 13.9. The minimum atomic E-state index is 0.649. The molecule has 34 heavy (non-hydrogen) atoms. The summed E-state index contributed by atoms with van der Waals surface area (Å²) in [4.78, 5) is 0. The van der Waals surface area contributed by atoms with E-state index < -0.39 is 0 Å². The zero-order valence-corrected chi connectivity index (χ0v) is 24.0. The molecule has 0 saturated heterocycles. The molecule has 206 valence electrons. The monoisotopic (exact) mass is 484 g/mol. The van der Waals surface area contributed by atoms with E-state index in [9.17, 15) is 4.48 Å². The van der Waals surface area contributed by atoms with E-state index in [0.29, 0.717) is 13.1 Å². The van der Waals surface area contributed by atoms with Crippen molar-refractivity contribution in [2.24, 2.45) is 0 Å². The maximum Gasteiger partial charge on any atom is 0.0290 e. The second-order valence-corrected chi connectivity index (χ2v) is 11.1. The maximum atomic E-state index is 13.9. The van der Waals surface area contributed by atoms with E-state index in [1.165, 1.54) is 167 Å². The van der Waals surface area contributed by atoms with Crippen molar-refractivity contribution in [1.82, 2.24) is 5.12 Å². The van der Waals surface area contributed by atoms with Gasteiger partial charge in [-0.25, -0.2) is 0 Å². The summed E-state index contributed by atoms with van der Waals surface area (Å²) in [5.74, 6) is 0. The first kappa shape index (κ1) is 33.9. The van der Waals surface area contributed by atoms with Crippen LogP contribution in [0.25, 0.3) is 0 Å². The van der Waals surface area contributed by atoms with Gasteiger partial charge in [-0.15, -0.1) is 9.60 Å². The van der Waals surface area contributed by atoms with E-state index >= 15 is 0 Å². The van der Waals surface area contributed by atoms with E-state index in [1.807, 2.05) is 0 Å². The topological polar surface area (TPSA) is 3.24 Å². The Hall–Kier alpha value is -0.110. The van der Waals surface area contributed by atoms with Crippen LogP contribution in [0.1, 0.15) is 194 Å². The van der Waals surface area contributed by atoms with Gasteiger partial charge in [-0.1, -0.05) is 181 Å². The summed E-state index contributed by atoms with van der Waals surface area (Å²) in [5.41, 5.74) is 0. The van der Waals surface area contributed by atoms with Gasteiger partial charge in [-0.05, 0) is 12.8 Å². The second-order valence-electron chi connectivity index (χ2n) is 11.1. The molecule has 2 heteroatoms. The van der Waals surface area contributed by atoms with E-state index in [2.05, 4.69) is 13.8 Å². The third-order valence-electron chi connectivity index (χ3n) is 7.51. The fourth-order valence-electron chi connectivity index (χ4n) is 5.07. The van der Waals surface area contributed by atoms with Crippen molar-refractivity contribution in [2.45, 2.75) is 194 Å². The molecule has 0 unspecified atom stereocenters. The van der Waals surface area contributed by atoms with Crippen LogP contribution in [0.2, 0.25) is 0 Å². The van der Waals surface area contributed by atoms with Crippen molar-refractivity contribution in [3.8, 4) is 0 Å². The molecule has 0 aliphatic rings. The largest absolute Gasteiger partial charge is 0.146 e. The first-order chi connectivity index (χ1) is 16.8. The molecule has 0 aromatic heterocycles. The summed E-state index contributed by atoms with van der Waals surface area (Å²) in [5, 5.41) is 1.08. The van der Waals surface area contributed by atoms with Crippen LogP contribution in [-0.4, -0.2) is 18.2 Å². The Labute approximate surface area is 216 Å². The van der Waals surface area contributed by atoms with Gasteiger partial charge in [0.25, 0.3) is 0 Å².